The molecule has 2 aliphatic carbocycles. The maximum Gasteiger partial charge on any atom is 0.412 e. The van der Waals surface area contributed by atoms with Crippen LogP contribution >= 0.6 is 0 Å². The minimum atomic E-state index is -1.51. The molecule has 0 aromatic heterocycles. The molecule has 6 unspecified atom stereocenters. The molecule has 3 aliphatic rings. The summed E-state index contributed by atoms with van der Waals surface area (Å²) in [5, 5.41) is 36.7. The van der Waals surface area contributed by atoms with E-state index in [0.29, 0.717) is 43.0 Å². The largest absolute Gasteiger partial charge is 0.459 e. The summed E-state index contributed by atoms with van der Waals surface area (Å²) in [4.78, 5) is 34.7. The molecule has 0 bridgehead atoms. The van der Waals surface area contributed by atoms with Crippen molar-refractivity contribution in [1.29, 1.82) is 0 Å². The Balaban J connectivity index is 2.05. The normalized spacial score (nSPS) is 24.3. The van der Waals surface area contributed by atoms with Crippen LogP contribution in [0.1, 0.15) is 90.5 Å². The van der Waals surface area contributed by atoms with Crippen LogP contribution in [0.5, 0.6) is 11.5 Å². The van der Waals surface area contributed by atoms with Crippen LogP contribution in [-0.2, 0) is 19.0 Å². The third-order valence-electron chi connectivity index (χ3n) is 10.5. The summed E-state index contributed by atoms with van der Waals surface area (Å²) in [6.07, 6.45) is 9.33. The van der Waals surface area contributed by atoms with Crippen LogP contribution in [0, 0.1) is 17.8 Å². The van der Waals surface area contributed by atoms with Crippen LogP contribution in [0.4, 0.5) is 9.59 Å². The fourth-order valence-electron chi connectivity index (χ4n) is 8.21. The summed E-state index contributed by atoms with van der Waals surface area (Å²) in [5.41, 5.74) is 1.68. The van der Waals surface area contributed by atoms with Gasteiger partial charge in [-0.3, -0.25) is 4.90 Å². The molecule has 14 nitrogen and oxygen atoms in total. The average Bonchev–Trinajstić information content (AvgIpc) is 3.17. The second-order valence-corrected chi connectivity index (χ2v) is 15.6. The number of hydrogen-bond acceptors (Lipinski definition) is 12. The summed E-state index contributed by atoms with van der Waals surface area (Å²) >= 11 is 0. The molecule has 6 atom stereocenters. The second kappa shape index (κ2) is 22.3. The van der Waals surface area contributed by atoms with E-state index in [1.165, 1.54) is 0 Å². The van der Waals surface area contributed by atoms with Gasteiger partial charge in [-0.15, -0.1) is 13.2 Å². The highest BCUT2D eigenvalue weighted by Gasteiger charge is 2.65. The third kappa shape index (κ3) is 11.8. The van der Waals surface area contributed by atoms with Gasteiger partial charge in [0.05, 0.1) is 44.7 Å². The van der Waals surface area contributed by atoms with Gasteiger partial charge in [0.25, 0.3) is 0 Å². The quantitative estimate of drug-likeness (QED) is 0.0559. The smallest absolute Gasteiger partial charge is 0.412 e. The van der Waals surface area contributed by atoms with Gasteiger partial charge in [-0.1, -0.05) is 36.2 Å². The number of hydrogen-bond donors (Lipinski definition) is 4. The number of benzene rings is 1. The lowest BCUT2D eigenvalue weighted by molar-refractivity contribution is -0.256. The summed E-state index contributed by atoms with van der Waals surface area (Å²) < 4.78 is 31.4. The first kappa shape index (κ1) is 45.7. The van der Waals surface area contributed by atoms with Crippen molar-refractivity contribution in [2.24, 2.45) is 22.9 Å². The minimum absolute atomic E-state index is 0.0192. The van der Waals surface area contributed by atoms with Crippen LogP contribution in [-0.4, -0.2) is 115 Å². The minimum Gasteiger partial charge on any atom is -0.459 e. The van der Waals surface area contributed by atoms with Gasteiger partial charge in [-0.2, -0.15) is 0 Å². The zero-order valence-corrected chi connectivity index (χ0v) is 34.3. The molecule has 0 saturated heterocycles. The number of nitrogens with one attached hydrogen (secondary N) is 1. The van der Waals surface area contributed by atoms with E-state index in [2.05, 4.69) is 24.6 Å². The highest BCUT2D eigenvalue weighted by molar-refractivity contribution is 6.03. The van der Waals surface area contributed by atoms with E-state index in [9.17, 15) is 24.9 Å². The molecule has 1 aromatic rings. The molecule has 0 spiro atoms. The first-order valence-corrected chi connectivity index (χ1v) is 20.4. The maximum absolute atomic E-state index is 14.3. The zero-order valence-electron chi connectivity index (χ0n) is 34.3. The lowest BCUT2D eigenvalue weighted by Crippen LogP contribution is -2.70. The van der Waals surface area contributed by atoms with Crippen LogP contribution in [0.2, 0.25) is 0 Å². The molecule has 318 valence electrons. The Labute approximate surface area is 337 Å². The number of amides is 2. The van der Waals surface area contributed by atoms with Crippen molar-refractivity contribution in [2.75, 3.05) is 59.3 Å². The molecule has 14 heteroatoms. The SMILES string of the molecule is C=CCCOC(=O)N(CCOCCO)C1CC(=NOC(C)(C)C)C2=CC(CCCCO)C(CCCCO)C3c4cc(OC(=O)NCC)ccc4OC1(OCC=C)C23. The van der Waals surface area contributed by atoms with Gasteiger partial charge < -0.3 is 49.2 Å². The standard InChI is InChI=1S/C43H65N3O11/c1-7-10-24-53-41(51)46(19-25-52-26-22-49)37-29-35(45-57-42(4,5)6)33-27-30(15-11-13-20-47)32(16-12-14-21-48)38-34-28-31(55-40(50)44-9-3)17-18-36(34)56-43(37,39(33)38)54-23-8-2/h7-8,17-18,27-28,30,32,37-39,47-49H,1-2,9-16,19-26,29H2,3-6H3,(H,44,50). The van der Waals surface area contributed by atoms with Crippen molar-refractivity contribution in [3.05, 3.63) is 60.7 Å². The Morgan fingerprint density at radius 2 is 1.79 bits per heavy atom. The van der Waals surface area contributed by atoms with Gasteiger partial charge in [-0.25, -0.2) is 9.59 Å². The Hall–Kier alpha value is -3.95. The fraction of sp³-hybridized carbons (Fsp3) is 0.651. The number of oxime groups is 1. The molecule has 1 fully saturated rings. The van der Waals surface area contributed by atoms with Crippen molar-refractivity contribution in [2.45, 2.75) is 102 Å². The molecule has 57 heavy (non-hydrogen) atoms. The van der Waals surface area contributed by atoms with E-state index in [4.69, 9.17) is 33.7 Å². The van der Waals surface area contributed by atoms with E-state index in [1.807, 2.05) is 33.8 Å². The van der Waals surface area contributed by atoms with Gasteiger partial charge in [0.2, 0.25) is 5.79 Å². The van der Waals surface area contributed by atoms with E-state index in [0.717, 1.165) is 36.8 Å². The van der Waals surface area contributed by atoms with Gasteiger partial charge in [0.1, 0.15) is 23.1 Å². The van der Waals surface area contributed by atoms with Crippen molar-refractivity contribution >= 4 is 17.9 Å². The number of fused-ring (bicyclic) bond motifs is 2. The highest BCUT2D eigenvalue weighted by Crippen LogP contribution is 2.62. The number of nitrogens with zero attached hydrogens (tertiary/aromatic N) is 2. The van der Waals surface area contributed by atoms with Crippen LogP contribution in [0.15, 0.2) is 60.3 Å². The first-order chi connectivity index (χ1) is 27.5. The Kier molecular flexibility index (Phi) is 17.9. The van der Waals surface area contributed by atoms with Crippen molar-refractivity contribution < 1.29 is 53.4 Å². The summed E-state index contributed by atoms with van der Waals surface area (Å²) in [6, 6.07) is 4.49. The van der Waals surface area contributed by atoms with E-state index in [1.54, 1.807) is 29.2 Å². The van der Waals surface area contributed by atoms with Crippen molar-refractivity contribution in [3.63, 3.8) is 0 Å². The molecule has 0 radical (unpaired) electrons. The van der Waals surface area contributed by atoms with E-state index < -0.39 is 35.5 Å². The van der Waals surface area contributed by atoms with E-state index in [-0.39, 0.29) is 77.0 Å². The Bertz CT molecular complexity index is 1540. The third-order valence-corrected chi connectivity index (χ3v) is 10.5. The molecule has 1 saturated carbocycles. The zero-order chi connectivity index (χ0) is 41.4. The number of aliphatic hydroxyl groups excluding tert-OH is 3. The maximum atomic E-state index is 14.3. The molecule has 1 aromatic carbocycles. The molecule has 1 aliphatic heterocycles. The number of carbonyl (C=O) groups is 2. The van der Waals surface area contributed by atoms with Gasteiger partial charge >= 0.3 is 12.2 Å². The van der Waals surface area contributed by atoms with Crippen LogP contribution < -0.4 is 14.8 Å². The predicted molar refractivity (Wildman–Crippen MR) is 216 cm³/mol. The summed E-state index contributed by atoms with van der Waals surface area (Å²) in [6.45, 7) is 16.1. The lowest BCUT2D eigenvalue weighted by atomic mass is 9.55. The molecular weight excluding hydrogens is 734 g/mol. The number of rotatable bonds is 23. The predicted octanol–water partition coefficient (Wildman–Crippen LogP) is 6.25. The van der Waals surface area contributed by atoms with Crippen molar-refractivity contribution in [3.8, 4) is 11.5 Å². The monoisotopic (exact) mass is 799 g/mol. The van der Waals surface area contributed by atoms with Gasteiger partial charge in [0, 0.05) is 44.2 Å². The molecular formula is C43H65N3O11. The number of allylic oxidation sites excluding steroid dienone is 1. The average molecular weight is 800 g/mol. The highest BCUT2D eigenvalue weighted by atomic mass is 16.7. The lowest BCUT2D eigenvalue weighted by Gasteiger charge is -2.59. The second-order valence-electron chi connectivity index (χ2n) is 15.6. The molecule has 1 heterocycles. The molecule has 4 N–H and O–H groups in total. The molecule has 2 amide bonds. The number of carbonyl (C=O) groups excluding carboxylic acids is 2. The number of unbranched alkanes of at least 4 members (excludes halogenated alkanes) is 2. The topological polar surface area (TPSA) is 178 Å². The summed E-state index contributed by atoms with van der Waals surface area (Å²) in [7, 11) is 0. The number of ether oxygens (including phenoxy) is 5. The Morgan fingerprint density at radius 3 is 2.46 bits per heavy atom. The van der Waals surface area contributed by atoms with Crippen molar-refractivity contribution in [1.82, 2.24) is 10.2 Å². The molecule has 4 rings (SSSR count). The van der Waals surface area contributed by atoms with Crippen LogP contribution in [0.3, 0.4) is 0 Å². The summed E-state index contributed by atoms with van der Waals surface area (Å²) in [5.74, 6) is -1.55. The Morgan fingerprint density at radius 1 is 1.04 bits per heavy atom. The van der Waals surface area contributed by atoms with Gasteiger partial charge in [-0.05, 0) is 95.4 Å². The van der Waals surface area contributed by atoms with Gasteiger partial charge in [0.15, 0.2) is 0 Å². The first-order valence-electron chi connectivity index (χ1n) is 20.4. The fourth-order valence-corrected chi connectivity index (χ4v) is 8.21. The van der Waals surface area contributed by atoms with E-state index >= 15 is 0 Å². The van der Waals surface area contributed by atoms with Crippen LogP contribution in [0.25, 0.3) is 0 Å². The number of aliphatic hydroxyl groups is 3.